The Bertz CT molecular complexity index is 946. The van der Waals surface area contributed by atoms with Gasteiger partial charge in [-0.15, -0.1) is 0 Å². The number of hydrogen-bond acceptors (Lipinski definition) is 7. The zero-order chi connectivity index (χ0) is 21.8. The molecule has 4 rings (SSSR count). The van der Waals surface area contributed by atoms with E-state index < -0.39 is 17.8 Å². The van der Waals surface area contributed by atoms with E-state index in [9.17, 15) is 10.1 Å². The minimum absolute atomic E-state index is 0.0111. The summed E-state index contributed by atoms with van der Waals surface area (Å²) in [5.74, 6) is -1.20. The molecule has 0 saturated carbocycles. The van der Waals surface area contributed by atoms with Crippen LogP contribution in [0.5, 0.6) is 0 Å². The van der Waals surface area contributed by atoms with E-state index >= 15 is 0 Å². The minimum Gasteiger partial charge on any atom is -0.469 e. The molecule has 0 bridgehead atoms. The molecule has 2 aliphatic rings. The van der Waals surface area contributed by atoms with Gasteiger partial charge in [0, 0.05) is 26.9 Å². The molecule has 8 nitrogen and oxygen atoms in total. The van der Waals surface area contributed by atoms with Crippen LogP contribution in [0.1, 0.15) is 31.1 Å². The van der Waals surface area contributed by atoms with Gasteiger partial charge in [-0.3, -0.25) is 10.1 Å². The molecule has 2 atom stereocenters. The number of hydrogen-bond donors (Lipinski definition) is 0. The molecule has 2 aliphatic heterocycles. The van der Waals surface area contributed by atoms with Gasteiger partial charge in [0.05, 0.1) is 36.2 Å². The van der Waals surface area contributed by atoms with Crippen LogP contribution in [-0.4, -0.2) is 48.0 Å². The molecule has 0 aliphatic carbocycles. The van der Waals surface area contributed by atoms with Crippen molar-refractivity contribution in [3.05, 3.63) is 87.8 Å². The predicted octanol–water partition coefficient (Wildman–Crippen LogP) is 4.01. The molecule has 2 aromatic rings. The molecule has 8 heteroatoms. The van der Waals surface area contributed by atoms with Crippen molar-refractivity contribution < 1.29 is 23.6 Å². The Morgan fingerprint density at radius 1 is 1.19 bits per heavy atom. The van der Waals surface area contributed by atoms with Crippen LogP contribution in [0.3, 0.4) is 0 Å². The molecular weight excluding hydrogens is 400 g/mol. The third-order valence-corrected chi connectivity index (χ3v) is 5.37. The number of benzene rings is 1. The van der Waals surface area contributed by atoms with E-state index in [1.807, 2.05) is 30.3 Å². The van der Waals surface area contributed by atoms with Crippen LogP contribution in [-0.2, 0) is 14.2 Å². The summed E-state index contributed by atoms with van der Waals surface area (Å²) < 4.78 is 23.0. The summed E-state index contributed by atoms with van der Waals surface area (Å²) in [4.78, 5) is 14.0. The van der Waals surface area contributed by atoms with E-state index in [-0.39, 0.29) is 10.6 Å². The topological polar surface area (TPSA) is 87.2 Å². The van der Waals surface area contributed by atoms with E-state index in [0.29, 0.717) is 32.1 Å². The Labute approximate surface area is 180 Å². The number of furan rings is 1. The van der Waals surface area contributed by atoms with E-state index in [2.05, 4.69) is 4.90 Å². The second-order valence-corrected chi connectivity index (χ2v) is 7.93. The van der Waals surface area contributed by atoms with E-state index in [1.54, 1.807) is 32.2 Å². The molecule has 164 valence electrons. The molecule has 1 fully saturated rings. The second kappa shape index (κ2) is 8.95. The Balaban J connectivity index is 1.83. The van der Waals surface area contributed by atoms with Gasteiger partial charge < -0.3 is 23.5 Å². The Kier molecular flexibility index (Phi) is 6.11. The van der Waals surface area contributed by atoms with Crippen LogP contribution in [0.2, 0.25) is 0 Å². The Morgan fingerprint density at radius 2 is 1.94 bits per heavy atom. The normalized spacial score (nSPS) is 22.4. The van der Waals surface area contributed by atoms with Gasteiger partial charge in [-0.25, -0.2) is 0 Å². The highest BCUT2D eigenvalue weighted by molar-refractivity contribution is 5.49. The van der Waals surface area contributed by atoms with Gasteiger partial charge in [0.1, 0.15) is 24.0 Å². The molecule has 1 aromatic heterocycles. The van der Waals surface area contributed by atoms with E-state index in [0.717, 1.165) is 11.3 Å². The van der Waals surface area contributed by atoms with Crippen molar-refractivity contribution in [2.75, 3.05) is 26.3 Å². The first-order valence-electron chi connectivity index (χ1n) is 10.3. The van der Waals surface area contributed by atoms with E-state index in [1.165, 1.54) is 12.3 Å². The summed E-state index contributed by atoms with van der Waals surface area (Å²) in [5, 5.41) is 12.3. The largest absolute Gasteiger partial charge is 0.469 e. The lowest BCUT2D eigenvalue weighted by atomic mass is 9.87. The minimum atomic E-state index is -0.931. The van der Waals surface area contributed by atoms with Crippen LogP contribution >= 0.6 is 0 Å². The van der Waals surface area contributed by atoms with Gasteiger partial charge in [0.15, 0.2) is 0 Å². The number of rotatable bonds is 6. The number of ether oxygens (including phenoxy) is 3. The highest BCUT2D eigenvalue weighted by atomic mass is 16.7. The summed E-state index contributed by atoms with van der Waals surface area (Å²) in [6.45, 7) is 6.08. The lowest BCUT2D eigenvalue weighted by Gasteiger charge is -2.43. The summed E-state index contributed by atoms with van der Waals surface area (Å²) in [7, 11) is 0. The lowest BCUT2D eigenvalue weighted by Crippen LogP contribution is -2.48. The molecule has 1 aromatic carbocycles. The first kappa shape index (κ1) is 21.1. The number of nitrogens with zero attached hydrogens (tertiary/aromatic N) is 2. The van der Waals surface area contributed by atoms with Gasteiger partial charge in [0.2, 0.25) is 5.79 Å². The van der Waals surface area contributed by atoms with Crippen molar-refractivity contribution in [1.82, 2.24) is 4.90 Å². The first-order valence-corrected chi connectivity index (χ1v) is 10.3. The molecule has 0 N–H and O–H groups in total. The second-order valence-electron chi connectivity index (χ2n) is 7.93. The summed E-state index contributed by atoms with van der Waals surface area (Å²) in [6.07, 6.45) is 4.02. The molecule has 3 heterocycles. The summed E-state index contributed by atoms with van der Waals surface area (Å²) in [5.41, 5.74) is 1.53. The average molecular weight is 426 g/mol. The van der Waals surface area contributed by atoms with Crippen LogP contribution in [0, 0.1) is 10.1 Å². The average Bonchev–Trinajstić information content (AvgIpc) is 3.27. The summed E-state index contributed by atoms with van der Waals surface area (Å²) >= 11 is 0. The van der Waals surface area contributed by atoms with Gasteiger partial charge in [-0.1, -0.05) is 30.3 Å². The first-order chi connectivity index (χ1) is 14.9. The van der Waals surface area contributed by atoms with Crippen molar-refractivity contribution in [2.24, 2.45) is 0 Å². The monoisotopic (exact) mass is 426 g/mol. The Hall–Kier alpha value is -3.10. The number of morpholine rings is 1. The van der Waals surface area contributed by atoms with Crippen molar-refractivity contribution in [2.45, 2.75) is 31.7 Å². The smallest absolute Gasteiger partial charge is 0.260 e. The maximum absolute atomic E-state index is 12.3. The Morgan fingerprint density at radius 3 is 2.58 bits per heavy atom. The standard InChI is InChI=1S/C23H26N2O6/c1-23(2)30-16-20(24-10-13-28-14-11-24)22(31-23)21(17-7-4-3-5-8-17)19(25(26)27)15-18-9-6-12-29-18/h3-9,12,15-16,21-22H,10-11,13-14H2,1-2H3. The molecule has 1 saturated heterocycles. The highest BCUT2D eigenvalue weighted by Crippen LogP contribution is 2.40. The van der Waals surface area contributed by atoms with Crippen molar-refractivity contribution in [3.63, 3.8) is 0 Å². The SMILES string of the molecule is CC1(C)OC=C(N2CCOCC2)C(C(C(=Cc2ccco2)[N+](=O)[O-])c2ccccc2)O1. The van der Waals surface area contributed by atoms with Crippen molar-refractivity contribution in [1.29, 1.82) is 0 Å². The fraction of sp³-hybridized carbons (Fsp3) is 0.391. The zero-order valence-electron chi connectivity index (χ0n) is 17.6. The van der Waals surface area contributed by atoms with Crippen molar-refractivity contribution >= 4 is 6.08 Å². The quantitative estimate of drug-likeness (QED) is 0.509. The third kappa shape index (κ3) is 4.81. The van der Waals surface area contributed by atoms with E-state index in [4.69, 9.17) is 18.6 Å². The molecule has 2 unspecified atom stereocenters. The maximum atomic E-state index is 12.3. The van der Waals surface area contributed by atoms with Crippen molar-refractivity contribution in [3.8, 4) is 0 Å². The van der Waals surface area contributed by atoms with Crippen LogP contribution < -0.4 is 0 Å². The molecular formula is C23H26N2O6. The lowest BCUT2D eigenvalue weighted by molar-refractivity contribution is -0.431. The molecule has 0 amide bonds. The molecule has 0 spiro atoms. The van der Waals surface area contributed by atoms with Gasteiger partial charge in [0.25, 0.3) is 5.70 Å². The van der Waals surface area contributed by atoms with Gasteiger partial charge >= 0.3 is 0 Å². The van der Waals surface area contributed by atoms with Crippen LogP contribution in [0.15, 0.2) is 70.8 Å². The summed E-state index contributed by atoms with van der Waals surface area (Å²) in [6, 6.07) is 12.8. The predicted molar refractivity (Wildman–Crippen MR) is 113 cm³/mol. The molecule has 0 radical (unpaired) electrons. The van der Waals surface area contributed by atoms with Crippen LogP contribution in [0.25, 0.3) is 6.08 Å². The highest BCUT2D eigenvalue weighted by Gasteiger charge is 2.45. The zero-order valence-corrected chi connectivity index (χ0v) is 17.6. The molecule has 31 heavy (non-hydrogen) atoms. The maximum Gasteiger partial charge on any atom is 0.260 e. The fourth-order valence-electron chi connectivity index (χ4n) is 3.91. The third-order valence-electron chi connectivity index (χ3n) is 5.37. The van der Waals surface area contributed by atoms with Gasteiger partial charge in [-0.2, -0.15) is 0 Å². The fourth-order valence-corrected chi connectivity index (χ4v) is 3.91. The number of nitro groups is 1. The van der Waals surface area contributed by atoms with Crippen LogP contribution in [0.4, 0.5) is 0 Å². The van der Waals surface area contributed by atoms with Gasteiger partial charge in [-0.05, 0) is 17.7 Å².